The highest BCUT2D eigenvalue weighted by Crippen LogP contribution is 2.27. The van der Waals surface area contributed by atoms with Crippen molar-refractivity contribution in [3.63, 3.8) is 0 Å². The number of nitriles is 2. The molecule has 0 aliphatic carbocycles. The number of aromatic nitrogens is 4. The molecule has 0 amide bonds. The molecule has 1 aliphatic rings. The van der Waals surface area contributed by atoms with Crippen LogP contribution in [0.5, 0.6) is 0 Å². The molecule has 10 heteroatoms. The lowest BCUT2D eigenvalue weighted by atomic mass is 10.1. The van der Waals surface area contributed by atoms with Crippen molar-refractivity contribution in [3.05, 3.63) is 89.1 Å². The monoisotopic (exact) mass is 508 g/mol. The van der Waals surface area contributed by atoms with Crippen LogP contribution in [0.25, 0.3) is 0 Å². The Morgan fingerprint density at radius 1 is 0.919 bits per heavy atom. The topological polar surface area (TPSA) is 130 Å². The van der Waals surface area contributed by atoms with Gasteiger partial charge in [0.05, 0.1) is 19.8 Å². The molecular weight excluding hydrogens is 484 g/mol. The van der Waals surface area contributed by atoms with Crippen molar-refractivity contribution in [2.75, 3.05) is 36.9 Å². The molecule has 5 rings (SSSR count). The van der Waals surface area contributed by atoms with Gasteiger partial charge in [0.25, 0.3) is 0 Å². The summed E-state index contributed by atoms with van der Waals surface area (Å²) >= 11 is 1.56. The number of anilines is 2. The highest BCUT2D eigenvalue weighted by Gasteiger charge is 2.15. The molecule has 1 fully saturated rings. The van der Waals surface area contributed by atoms with E-state index in [1.165, 1.54) is 11.3 Å². The summed E-state index contributed by atoms with van der Waals surface area (Å²) in [6.45, 7) is 3.74. The summed E-state index contributed by atoms with van der Waals surface area (Å²) < 4.78 is 6.98. The smallest absolute Gasteiger partial charge is 0.202 e. The Morgan fingerprint density at radius 3 is 2.35 bits per heavy atom. The Balaban J connectivity index is 1.22. The number of nitrogens with two attached hydrogens (primary N) is 1. The van der Waals surface area contributed by atoms with Gasteiger partial charge in [0.2, 0.25) is 5.95 Å². The van der Waals surface area contributed by atoms with Crippen LogP contribution in [-0.2, 0) is 17.7 Å². The lowest BCUT2D eigenvalue weighted by Gasteiger charge is -2.28. The summed E-state index contributed by atoms with van der Waals surface area (Å²) in [5.41, 5.74) is 9.44. The maximum atomic E-state index is 9.37. The SMILES string of the molecule is N#Cc1nc(N)n(Cc2ccc(Sc3ccnc(Cc4ccc(N5CCOCC5)cc4)n3)cc2)c1C#N. The highest BCUT2D eigenvalue weighted by atomic mass is 32.2. The number of hydrogen-bond acceptors (Lipinski definition) is 9. The van der Waals surface area contributed by atoms with Gasteiger partial charge in [-0.3, -0.25) is 4.57 Å². The summed E-state index contributed by atoms with van der Waals surface area (Å²) in [7, 11) is 0. The Morgan fingerprint density at radius 2 is 1.65 bits per heavy atom. The average molecular weight is 509 g/mol. The predicted octanol–water partition coefficient (Wildman–Crippen LogP) is 3.63. The number of imidazole rings is 1. The fourth-order valence-electron chi connectivity index (χ4n) is 4.14. The molecule has 0 radical (unpaired) electrons. The first kappa shape index (κ1) is 24.3. The van der Waals surface area contributed by atoms with Crippen LogP contribution in [-0.4, -0.2) is 45.8 Å². The standard InChI is InChI=1S/C27H24N8OS/c28-16-23-24(17-29)35(27(30)32-23)18-20-3-7-22(8-4-20)37-26-9-10-31-25(33-26)15-19-1-5-21(6-2-19)34-11-13-36-14-12-34/h1-10H,11-15,18H2,(H2,30,32). The molecule has 3 heterocycles. The molecule has 184 valence electrons. The summed E-state index contributed by atoms with van der Waals surface area (Å²) in [5.74, 6) is 0.921. The maximum Gasteiger partial charge on any atom is 0.202 e. The van der Waals surface area contributed by atoms with Gasteiger partial charge in [0, 0.05) is 36.3 Å². The fourth-order valence-corrected chi connectivity index (χ4v) is 4.93. The number of ether oxygens (including phenoxy) is 1. The molecule has 1 aliphatic heterocycles. The van der Waals surface area contributed by atoms with Crippen LogP contribution >= 0.6 is 11.8 Å². The summed E-state index contributed by atoms with van der Waals surface area (Å²) in [6, 6.07) is 22.3. The quantitative estimate of drug-likeness (QED) is 0.372. The Hall–Kier alpha value is -4.38. The van der Waals surface area contributed by atoms with Gasteiger partial charge in [0.1, 0.15) is 23.0 Å². The van der Waals surface area contributed by atoms with Crippen LogP contribution in [0.3, 0.4) is 0 Å². The molecule has 2 aromatic heterocycles. The van der Waals surface area contributed by atoms with Crippen molar-refractivity contribution in [2.24, 2.45) is 0 Å². The van der Waals surface area contributed by atoms with E-state index in [1.807, 2.05) is 42.5 Å². The molecule has 0 saturated carbocycles. The van der Waals surface area contributed by atoms with E-state index in [1.54, 1.807) is 22.5 Å². The molecule has 4 aromatic rings. The van der Waals surface area contributed by atoms with Crippen LogP contribution in [0, 0.1) is 22.7 Å². The zero-order valence-electron chi connectivity index (χ0n) is 20.0. The summed E-state index contributed by atoms with van der Waals surface area (Å²) in [5, 5.41) is 19.4. The zero-order chi connectivity index (χ0) is 25.6. The second-order valence-electron chi connectivity index (χ2n) is 8.48. The van der Waals surface area contributed by atoms with E-state index in [-0.39, 0.29) is 17.3 Å². The van der Waals surface area contributed by atoms with Crippen molar-refractivity contribution < 1.29 is 4.74 Å². The minimum absolute atomic E-state index is 0.0415. The fraction of sp³-hybridized carbons (Fsp3) is 0.222. The molecule has 2 N–H and O–H groups in total. The minimum atomic E-state index is 0.0415. The molecule has 2 aromatic carbocycles. The first-order valence-corrected chi connectivity index (χ1v) is 12.6. The van der Waals surface area contributed by atoms with Gasteiger partial charge in [-0.15, -0.1) is 0 Å². The van der Waals surface area contributed by atoms with Crippen molar-refractivity contribution in [1.82, 2.24) is 19.5 Å². The number of benzene rings is 2. The van der Waals surface area contributed by atoms with E-state index in [0.29, 0.717) is 13.0 Å². The molecule has 0 atom stereocenters. The predicted molar refractivity (Wildman–Crippen MR) is 140 cm³/mol. The van der Waals surface area contributed by atoms with Gasteiger partial charge >= 0.3 is 0 Å². The van der Waals surface area contributed by atoms with Crippen molar-refractivity contribution in [2.45, 2.75) is 22.9 Å². The number of nitrogens with zero attached hydrogens (tertiary/aromatic N) is 7. The molecule has 9 nitrogen and oxygen atoms in total. The van der Waals surface area contributed by atoms with Gasteiger partial charge in [-0.25, -0.2) is 15.0 Å². The second kappa shape index (κ2) is 11.1. The van der Waals surface area contributed by atoms with Gasteiger partial charge in [0.15, 0.2) is 11.4 Å². The van der Waals surface area contributed by atoms with Crippen LogP contribution < -0.4 is 10.6 Å². The van der Waals surface area contributed by atoms with Crippen molar-refractivity contribution in [1.29, 1.82) is 10.5 Å². The molecule has 1 saturated heterocycles. The zero-order valence-corrected chi connectivity index (χ0v) is 20.9. The first-order chi connectivity index (χ1) is 18.1. The molecule has 0 spiro atoms. The number of morpholine rings is 1. The molecular formula is C27H24N8OS. The van der Waals surface area contributed by atoms with Crippen molar-refractivity contribution in [3.8, 4) is 12.1 Å². The molecule has 0 unspecified atom stereocenters. The number of rotatable bonds is 7. The molecule has 0 bridgehead atoms. The van der Waals surface area contributed by atoms with Gasteiger partial charge in [-0.1, -0.05) is 36.0 Å². The second-order valence-corrected chi connectivity index (χ2v) is 9.57. The third-order valence-corrected chi connectivity index (χ3v) is 6.99. The largest absolute Gasteiger partial charge is 0.378 e. The van der Waals surface area contributed by atoms with Crippen LogP contribution in [0.1, 0.15) is 28.3 Å². The Bertz CT molecular complexity index is 1460. The normalized spacial score (nSPS) is 13.2. The van der Waals surface area contributed by atoms with Gasteiger partial charge in [-0.2, -0.15) is 10.5 Å². The Kier molecular flexibility index (Phi) is 7.31. The first-order valence-electron chi connectivity index (χ1n) is 11.8. The summed E-state index contributed by atoms with van der Waals surface area (Å²) in [4.78, 5) is 16.5. The third kappa shape index (κ3) is 5.72. The van der Waals surface area contributed by atoms with E-state index in [2.05, 4.69) is 39.1 Å². The number of nitrogen functional groups attached to an aromatic ring is 1. The van der Waals surface area contributed by atoms with Crippen LogP contribution in [0.15, 0.2) is 70.7 Å². The van der Waals surface area contributed by atoms with Crippen LogP contribution in [0.2, 0.25) is 0 Å². The lowest BCUT2D eigenvalue weighted by Crippen LogP contribution is -2.36. The number of hydrogen-bond donors (Lipinski definition) is 1. The molecule has 37 heavy (non-hydrogen) atoms. The average Bonchev–Trinajstić information content (AvgIpc) is 3.25. The van der Waals surface area contributed by atoms with Crippen LogP contribution in [0.4, 0.5) is 11.6 Å². The highest BCUT2D eigenvalue weighted by molar-refractivity contribution is 7.99. The summed E-state index contributed by atoms with van der Waals surface area (Å²) in [6.07, 6.45) is 2.45. The Labute approximate surface area is 219 Å². The van der Waals surface area contributed by atoms with Gasteiger partial charge in [-0.05, 0) is 41.5 Å². The third-order valence-electron chi connectivity index (χ3n) is 6.05. The van der Waals surface area contributed by atoms with E-state index >= 15 is 0 Å². The van der Waals surface area contributed by atoms with E-state index in [0.717, 1.165) is 47.6 Å². The van der Waals surface area contributed by atoms with E-state index in [4.69, 9.17) is 20.7 Å². The van der Waals surface area contributed by atoms with E-state index < -0.39 is 0 Å². The lowest BCUT2D eigenvalue weighted by molar-refractivity contribution is 0.122. The van der Waals surface area contributed by atoms with Crippen molar-refractivity contribution >= 4 is 23.4 Å². The maximum absolute atomic E-state index is 9.37. The van der Waals surface area contributed by atoms with E-state index in [9.17, 15) is 5.26 Å². The van der Waals surface area contributed by atoms with Gasteiger partial charge < -0.3 is 15.4 Å². The minimum Gasteiger partial charge on any atom is -0.378 e.